The third kappa shape index (κ3) is 7.30. The Kier molecular flexibility index (Phi) is 10.3. The van der Waals surface area contributed by atoms with Crippen molar-refractivity contribution in [2.24, 2.45) is 0 Å². The average Bonchev–Trinajstić information content (AvgIpc) is 2.80. The van der Waals surface area contributed by atoms with Crippen LogP contribution in [-0.2, 0) is 26.3 Å². The molecule has 2 rings (SSSR count). The number of amides is 2. The van der Waals surface area contributed by atoms with E-state index in [4.69, 9.17) is 23.2 Å². The molecule has 0 saturated heterocycles. The van der Waals surface area contributed by atoms with Gasteiger partial charge in [-0.05, 0) is 43.2 Å². The number of carbonyl (C=O) groups excluding carboxylic acids is 2. The molecule has 1 N–H and O–H groups in total. The van der Waals surface area contributed by atoms with Crippen molar-refractivity contribution in [3.8, 4) is 0 Å². The standard InChI is InChI=1S/C23H29Cl2FN4O4S/c1-5-12-27-23(32)16(2)29(14-17-10-11-18(24)13-19(17)25)22(31)15-30(35(33,34)28(3)4)21-9-7-6-8-20(21)26/h6-11,13,16H,5,12,14-15H2,1-4H3,(H,27,32)/t16-/m1/s1. The molecule has 2 aromatic rings. The fourth-order valence-corrected chi connectivity index (χ4v) is 4.70. The van der Waals surface area contributed by atoms with E-state index in [0.29, 0.717) is 27.9 Å². The maximum absolute atomic E-state index is 14.6. The van der Waals surface area contributed by atoms with Gasteiger partial charge in [-0.3, -0.25) is 9.59 Å². The second-order valence-corrected chi connectivity index (χ2v) is 10.9. The number of hydrogen-bond acceptors (Lipinski definition) is 4. The molecule has 192 valence electrons. The molecule has 1 atom stereocenters. The summed E-state index contributed by atoms with van der Waals surface area (Å²) in [7, 11) is -1.70. The quantitative estimate of drug-likeness (QED) is 0.465. The summed E-state index contributed by atoms with van der Waals surface area (Å²) in [5.74, 6) is -1.95. The summed E-state index contributed by atoms with van der Waals surface area (Å²) in [4.78, 5) is 27.5. The summed E-state index contributed by atoms with van der Waals surface area (Å²) in [5, 5.41) is 3.41. The molecule has 0 aliphatic rings. The molecule has 2 amide bonds. The molecule has 0 spiro atoms. The first-order chi connectivity index (χ1) is 16.4. The summed E-state index contributed by atoms with van der Waals surface area (Å²) in [6.45, 7) is 2.99. The van der Waals surface area contributed by atoms with Gasteiger partial charge >= 0.3 is 10.2 Å². The number of rotatable bonds is 11. The molecule has 0 aliphatic carbocycles. The highest BCUT2D eigenvalue weighted by molar-refractivity contribution is 7.90. The van der Waals surface area contributed by atoms with Gasteiger partial charge in [0.15, 0.2) is 0 Å². The Morgan fingerprint density at radius 3 is 2.34 bits per heavy atom. The van der Waals surface area contributed by atoms with Gasteiger partial charge in [0.1, 0.15) is 18.4 Å². The number of carbonyl (C=O) groups is 2. The van der Waals surface area contributed by atoms with Crippen LogP contribution in [0.2, 0.25) is 10.0 Å². The first kappa shape index (κ1) is 28.8. The Labute approximate surface area is 215 Å². The van der Waals surface area contributed by atoms with Crippen molar-refractivity contribution in [2.75, 3.05) is 31.5 Å². The Morgan fingerprint density at radius 1 is 1.11 bits per heavy atom. The van der Waals surface area contributed by atoms with E-state index in [1.54, 1.807) is 12.1 Å². The van der Waals surface area contributed by atoms with E-state index < -0.39 is 40.4 Å². The van der Waals surface area contributed by atoms with E-state index in [2.05, 4.69) is 5.32 Å². The normalized spacial score (nSPS) is 12.3. The molecule has 12 heteroatoms. The maximum Gasteiger partial charge on any atom is 0.304 e. The monoisotopic (exact) mass is 546 g/mol. The van der Waals surface area contributed by atoms with Gasteiger partial charge in [-0.2, -0.15) is 12.7 Å². The minimum atomic E-state index is -4.25. The third-order valence-electron chi connectivity index (χ3n) is 5.21. The van der Waals surface area contributed by atoms with E-state index in [1.807, 2.05) is 6.92 Å². The van der Waals surface area contributed by atoms with E-state index >= 15 is 0 Å². The van der Waals surface area contributed by atoms with E-state index in [1.165, 1.54) is 50.2 Å². The summed E-state index contributed by atoms with van der Waals surface area (Å²) in [6, 6.07) is 8.99. The van der Waals surface area contributed by atoms with Gasteiger partial charge in [-0.15, -0.1) is 0 Å². The van der Waals surface area contributed by atoms with Crippen molar-refractivity contribution < 1.29 is 22.4 Å². The molecule has 0 radical (unpaired) electrons. The molecule has 0 fully saturated rings. The number of nitrogens with one attached hydrogen (secondary N) is 1. The van der Waals surface area contributed by atoms with Crippen LogP contribution in [-0.4, -0.2) is 62.7 Å². The minimum Gasteiger partial charge on any atom is -0.354 e. The highest BCUT2D eigenvalue weighted by atomic mass is 35.5. The van der Waals surface area contributed by atoms with Gasteiger partial charge in [0, 0.05) is 37.2 Å². The summed E-state index contributed by atoms with van der Waals surface area (Å²) >= 11 is 12.3. The van der Waals surface area contributed by atoms with Crippen molar-refractivity contribution in [3.63, 3.8) is 0 Å². The van der Waals surface area contributed by atoms with Crippen LogP contribution in [0.1, 0.15) is 25.8 Å². The van der Waals surface area contributed by atoms with Gasteiger partial charge in [-0.1, -0.05) is 48.3 Å². The van der Waals surface area contributed by atoms with E-state index in [0.717, 1.165) is 10.4 Å². The number of benzene rings is 2. The van der Waals surface area contributed by atoms with Gasteiger partial charge in [-0.25, -0.2) is 8.70 Å². The van der Waals surface area contributed by atoms with Crippen molar-refractivity contribution in [1.82, 2.24) is 14.5 Å². The van der Waals surface area contributed by atoms with Crippen LogP contribution in [0.15, 0.2) is 42.5 Å². The summed E-state index contributed by atoms with van der Waals surface area (Å²) < 4.78 is 42.2. The topological polar surface area (TPSA) is 90.0 Å². The number of anilines is 1. The highest BCUT2D eigenvalue weighted by Gasteiger charge is 2.33. The Bertz CT molecular complexity index is 1160. The molecule has 0 aliphatic heterocycles. The van der Waals surface area contributed by atoms with E-state index in [-0.39, 0.29) is 17.3 Å². The molecular weight excluding hydrogens is 518 g/mol. The van der Waals surface area contributed by atoms with Crippen molar-refractivity contribution in [3.05, 3.63) is 63.9 Å². The number of hydrogen-bond donors (Lipinski definition) is 1. The lowest BCUT2D eigenvalue weighted by Gasteiger charge is -2.33. The van der Waals surface area contributed by atoms with Crippen LogP contribution in [0.25, 0.3) is 0 Å². The molecule has 0 aromatic heterocycles. The number of halogens is 3. The summed E-state index contributed by atoms with van der Waals surface area (Å²) in [6.07, 6.45) is 0.692. The molecule has 0 saturated carbocycles. The lowest BCUT2D eigenvalue weighted by molar-refractivity contribution is -0.139. The second kappa shape index (κ2) is 12.5. The molecule has 0 bridgehead atoms. The molecule has 35 heavy (non-hydrogen) atoms. The maximum atomic E-state index is 14.6. The lowest BCUT2D eigenvalue weighted by Crippen LogP contribution is -2.52. The first-order valence-corrected chi connectivity index (χ1v) is 13.0. The van der Waals surface area contributed by atoms with Crippen LogP contribution >= 0.6 is 23.2 Å². The van der Waals surface area contributed by atoms with Crippen LogP contribution < -0.4 is 9.62 Å². The predicted octanol–water partition coefficient (Wildman–Crippen LogP) is 3.69. The zero-order valence-corrected chi connectivity index (χ0v) is 22.3. The second-order valence-electron chi connectivity index (χ2n) is 7.97. The molecular formula is C23H29Cl2FN4O4S. The van der Waals surface area contributed by atoms with E-state index in [9.17, 15) is 22.4 Å². The molecule has 8 nitrogen and oxygen atoms in total. The van der Waals surface area contributed by atoms with Crippen LogP contribution in [0, 0.1) is 5.82 Å². The number of para-hydroxylation sites is 1. The Hall–Kier alpha value is -2.40. The first-order valence-electron chi connectivity index (χ1n) is 10.9. The van der Waals surface area contributed by atoms with Gasteiger partial charge < -0.3 is 10.2 Å². The predicted molar refractivity (Wildman–Crippen MR) is 136 cm³/mol. The largest absolute Gasteiger partial charge is 0.354 e. The minimum absolute atomic E-state index is 0.0946. The lowest BCUT2D eigenvalue weighted by atomic mass is 10.1. The Balaban J connectivity index is 2.49. The van der Waals surface area contributed by atoms with Crippen molar-refractivity contribution in [2.45, 2.75) is 32.9 Å². The fourth-order valence-electron chi connectivity index (χ4n) is 3.17. The SMILES string of the molecule is CCCNC(=O)[C@@H](C)N(Cc1ccc(Cl)cc1Cl)C(=O)CN(c1ccccc1F)S(=O)(=O)N(C)C. The zero-order valence-electron chi connectivity index (χ0n) is 20.0. The van der Waals surface area contributed by atoms with Crippen LogP contribution in [0.3, 0.4) is 0 Å². The molecule has 2 aromatic carbocycles. The van der Waals surface area contributed by atoms with Crippen LogP contribution in [0.5, 0.6) is 0 Å². The molecule has 0 unspecified atom stereocenters. The van der Waals surface area contributed by atoms with Gasteiger partial charge in [0.05, 0.1) is 5.69 Å². The third-order valence-corrected chi connectivity index (χ3v) is 7.60. The highest BCUT2D eigenvalue weighted by Crippen LogP contribution is 2.26. The fraction of sp³-hybridized carbons (Fsp3) is 0.391. The average molecular weight is 547 g/mol. The van der Waals surface area contributed by atoms with Crippen molar-refractivity contribution >= 4 is 50.9 Å². The number of nitrogens with zero attached hydrogens (tertiary/aromatic N) is 3. The summed E-state index contributed by atoms with van der Waals surface area (Å²) in [5.41, 5.74) is 0.217. The van der Waals surface area contributed by atoms with Gasteiger partial charge in [0.2, 0.25) is 11.8 Å². The Morgan fingerprint density at radius 2 is 1.77 bits per heavy atom. The molecule has 0 heterocycles. The van der Waals surface area contributed by atoms with Gasteiger partial charge in [0.25, 0.3) is 0 Å². The van der Waals surface area contributed by atoms with Crippen LogP contribution in [0.4, 0.5) is 10.1 Å². The smallest absolute Gasteiger partial charge is 0.304 e. The zero-order chi connectivity index (χ0) is 26.3. The van der Waals surface area contributed by atoms with Crippen molar-refractivity contribution in [1.29, 1.82) is 0 Å².